The van der Waals surface area contributed by atoms with E-state index in [0.29, 0.717) is 5.92 Å². The average molecular weight is 370 g/mol. The van der Waals surface area contributed by atoms with E-state index in [2.05, 4.69) is 50.8 Å². The van der Waals surface area contributed by atoms with Crippen LogP contribution in [0.4, 0.5) is 0 Å². The number of hydrogen-bond acceptors (Lipinski definition) is 4. The number of nitrogens with zero attached hydrogens (tertiary/aromatic N) is 2. The molecule has 0 spiro atoms. The molecule has 2 aromatic heterocycles. The fourth-order valence-electron chi connectivity index (χ4n) is 2.86. The first-order valence-corrected chi connectivity index (χ1v) is 9.02. The molecule has 3 rings (SSSR count). The van der Waals surface area contributed by atoms with E-state index in [-0.39, 0.29) is 6.10 Å². The van der Waals surface area contributed by atoms with Crippen LogP contribution in [-0.4, -0.2) is 22.9 Å². The van der Waals surface area contributed by atoms with Gasteiger partial charge in [-0.3, -0.25) is 4.68 Å². The second kappa shape index (κ2) is 7.05. The predicted molar refractivity (Wildman–Crippen MR) is 88.4 cm³/mol. The Balaban J connectivity index is 1.57. The van der Waals surface area contributed by atoms with E-state index in [1.165, 1.54) is 15.0 Å². The molecule has 0 saturated carbocycles. The molecule has 0 aromatic carbocycles. The van der Waals surface area contributed by atoms with Gasteiger partial charge in [-0.15, -0.1) is 11.3 Å². The summed E-state index contributed by atoms with van der Waals surface area (Å²) in [7, 11) is 0. The molecule has 4 nitrogen and oxygen atoms in total. The highest BCUT2D eigenvalue weighted by atomic mass is 79.9. The van der Waals surface area contributed by atoms with Crippen molar-refractivity contribution >= 4 is 27.3 Å². The zero-order chi connectivity index (χ0) is 14.7. The lowest BCUT2D eigenvalue weighted by Gasteiger charge is -2.19. The summed E-state index contributed by atoms with van der Waals surface area (Å²) in [6, 6.07) is 4.26. The van der Waals surface area contributed by atoms with Gasteiger partial charge in [-0.2, -0.15) is 5.10 Å². The van der Waals surface area contributed by atoms with Crippen LogP contribution >= 0.6 is 27.3 Å². The SMILES string of the molecule is CCn1nccc1[C@@H]1OCC[C@H]1CNCc1csc(Br)c1. The minimum Gasteiger partial charge on any atom is -0.372 e. The molecule has 2 atom stereocenters. The van der Waals surface area contributed by atoms with Gasteiger partial charge >= 0.3 is 0 Å². The standard InChI is InChI=1S/C15H20BrN3OS/c1-2-19-13(3-5-18-19)15-12(4-6-20-15)9-17-8-11-7-14(16)21-10-11/h3,5,7,10,12,15,17H,2,4,6,8-9H2,1H3/t12-,15+/m0/s1. The first kappa shape index (κ1) is 15.2. The number of rotatable bonds is 6. The molecule has 0 radical (unpaired) electrons. The van der Waals surface area contributed by atoms with Gasteiger partial charge < -0.3 is 10.1 Å². The van der Waals surface area contributed by atoms with Gasteiger partial charge in [0, 0.05) is 38.4 Å². The van der Waals surface area contributed by atoms with Crippen molar-refractivity contribution in [2.45, 2.75) is 32.5 Å². The van der Waals surface area contributed by atoms with Gasteiger partial charge in [-0.25, -0.2) is 0 Å². The Morgan fingerprint density at radius 2 is 2.48 bits per heavy atom. The molecule has 21 heavy (non-hydrogen) atoms. The molecule has 0 aliphatic carbocycles. The third-order valence-corrected chi connectivity index (χ3v) is 5.47. The normalized spacial score (nSPS) is 22.0. The van der Waals surface area contributed by atoms with E-state index in [1.807, 2.05) is 10.9 Å². The third-order valence-electron chi connectivity index (χ3n) is 3.91. The summed E-state index contributed by atoms with van der Waals surface area (Å²) in [6.07, 6.45) is 3.16. The Bertz CT molecular complexity index is 583. The van der Waals surface area contributed by atoms with Crippen LogP contribution in [0.1, 0.15) is 30.7 Å². The molecule has 0 unspecified atom stereocenters. The molecular weight excluding hydrogens is 350 g/mol. The smallest absolute Gasteiger partial charge is 0.103 e. The van der Waals surface area contributed by atoms with Crippen LogP contribution in [0.3, 0.4) is 0 Å². The molecule has 1 saturated heterocycles. The van der Waals surface area contributed by atoms with Crippen molar-refractivity contribution < 1.29 is 4.74 Å². The summed E-state index contributed by atoms with van der Waals surface area (Å²) in [4.78, 5) is 0. The fraction of sp³-hybridized carbons (Fsp3) is 0.533. The number of hydrogen-bond donors (Lipinski definition) is 1. The number of ether oxygens (including phenoxy) is 1. The lowest BCUT2D eigenvalue weighted by atomic mass is 9.99. The molecule has 0 amide bonds. The molecule has 1 aliphatic heterocycles. The average Bonchev–Trinajstić information content (AvgIpc) is 3.18. The number of aromatic nitrogens is 2. The van der Waals surface area contributed by atoms with Crippen molar-refractivity contribution in [1.82, 2.24) is 15.1 Å². The Labute approximate surface area is 137 Å². The summed E-state index contributed by atoms with van der Waals surface area (Å²) in [5.74, 6) is 0.522. The van der Waals surface area contributed by atoms with Crippen molar-refractivity contribution in [1.29, 1.82) is 0 Å². The maximum absolute atomic E-state index is 5.95. The Kier molecular flexibility index (Phi) is 5.11. The van der Waals surface area contributed by atoms with Gasteiger partial charge in [0.25, 0.3) is 0 Å². The monoisotopic (exact) mass is 369 g/mol. The van der Waals surface area contributed by atoms with Crippen molar-refractivity contribution in [3.8, 4) is 0 Å². The number of nitrogens with one attached hydrogen (secondary N) is 1. The summed E-state index contributed by atoms with van der Waals surface area (Å²) in [6.45, 7) is 5.75. The van der Waals surface area contributed by atoms with Crippen LogP contribution in [0.15, 0.2) is 27.5 Å². The number of aryl methyl sites for hydroxylation is 1. The minimum absolute atomic E-state index is 0.175. The van der Waals surface area contributed by atoms with Crippen LogP contribution in [0, 0.1) is 5.92 Å². The molecule has 1 N–H and O–H groups in total. The largest absolute Gasteiger partial charge is 0.372 e. The molecule has 114 valence electrons. The van der Waals surface area contributed by atoms with Crippen LogP contribution in [-0.2, 0) is 17.8 Å². The Hall–Kier alpha value is -0.690. The number of thiophene rings is 1. The van der Waals surface area contributed by atoms with E-state index in [9.17, 15) is 0 Å². The zero-order valence-corrected chi connectivity index (χ0v) is 14.5. The molecule has 3 heterocycles. The van der Waals surface area contributed by atoms with E-state index in [1.54, 1.807) is 11.3 Å². The molecule has 1 aliphatic rings. The topological polar surface area (TPSA) is 39.1 Å². The van der Waals surface area contributed by atoms with E-state index >= 15 is 0 Å². The second-order valence-corrected chi connectivity index (χ2v) is 7.59. The van der Waals surface area contributed by atoms with Gasteiger partial charge in [0.2, 0.25) is 0 Å². The van der Waals surface area contributed by atoms with Crippen molar-refractivity contribution in [2.24, 2.45) is 5.92 Å². The van der Waals surface area contributed by atoms with E-state index in [4.69, 9.17) is 4.74 Å². The summed E-state index contributed by atoms with van der Waals surface area (Å²) < 4.78 is 9.18. The first-order chi connectivity index (χ1) is 10.3. The molecule has 2 aromatic rings. The quantitative estimate of drug-likeness (QED) is 0.845. The molecular formula is C15H20BrN3OS. The summed E-state index contributed by atoms with van der Waals surface area (Å²) >= 11 is 5.23. The van der Waals surface area contributed by atoms with Gasteiger partial charge in [0.05, 0.1) is 9.48 Å². The summed E-state index contributed by atoms with van der Waals surface area (Å²) in [5, 5.41) is 10.1. The van der Waals surface area contributed by atoms with Gasteiger partial charge in [-0.05, 0) is 52.4 Å². The number of halogens is 1. The third kappa shape index (κ3) is 3.56. The highest BCUT2D eigenvalue weighted by Gasteiger charge is 2.31. The Morgan fingerprint density at radius 1 is 1.57 bits per heavy atom. The molecule has 1 fully saturated rings. The van der Waals surface area contributed by atoms with Crippen molar-refractivity contribution in [3.05, 3.63) is 38.8 Å². The van der Waals surface area contributed by atoms with Crippen molar-refractivity contribution in [3.63, 3.8) is 0 Å². The predicted octanol–water partition coefficient (Wildman–Crippen LogP) is 3.59. The second-order valence-electron chi connectivity index (χ2n) is 5.30. The molecule has 6 heteroatoms. The van der Waals surface area contributed by atoms with Crippen LogP contribution in [0.5, 0.6) is 0 Å². The van der Waals surface area contributed by atoms with Gasteiger partial charge in [0.1, 0.15) is 6.10 Å². The van der Waals surface area contributed by atoms with Crippen LogP contribution in [0.2, 0.25) is 0 Å². The maximum atomic E-state index is 5.95. The van der Waals surface area contributed by atoms with Crippen LogP contribution < -0.4 is 5.32 Å². The van der Waals surface area contributed by atoms with Gasteiger partial charge in [0.15, 0.2) is 0 Å². The zero-order valence-electron chi connectivity index (χ0n) is 12.1. The first-order valence-electron chi connectivity index (χ1n) is 7.35. The molecule has 0 bridgehead atoms. The minimum atomic E-state index is 0.175. The lowest BCUT2D eigenvalue weighted by molar-refractivity contribution is 0.0830. The fourth-order valence-corrected chi connectivity index (χ4v) is 4.07. The van der Waals surface area contributed by atoms with E-state index < -0.39 is 0 Å². The highest BCUT2D eigenvalue weighted by molar-refractivity contribution is 9.11. The lowest BCUT2D eigenvalue weighted by Crippen LogP contribution is -2.25. The van der Waals surface area contributed by atoms with Gasteiger partial charge in [-0.1, -0.05) is 0 Å². The van der Waals surface area contributed by atoms with Crippen LogP contribution in [0.25, 0.3) is 0 Å². The highest BCUT2D eigenvalue weighted by Crippen LogP contribution is 2.34. The Morgan fingerprint density at radius 3 is 3.24 bits per heavy atom. The maximum Gasteiger partial charge on any atom is 0.103 e. The van der Waals surface area contributed by atoms with Crippen molar-refractivity contribution in [2.75, 3.05) is 13.2 Å². The summed E-state index contributed by atoms with van der Waals surface area (Å²) in [5.41, 5.74) is 2.54. The van der Waals surface area contributed by atoms with E-state index in [0.717, 1.165) is 32.7 Å².